The van der Waals surface area contributed by atoms with Gasteiger partial charge in [0, 0.05) is 17.2 Å². The molecule has 1 amide bonds. The number of halogens is 1. The molecule has 0 atom stereocenters. The van der Waals surface area contributed by atoms with Gasteiger partial charge in [-0.3, -0.25) is 9.48 Å². The number of hydrogen-bond donors (Lipinski definition) is 1. The molecule has 0 fully saturated rings. The molecule has 1 aromatic carbocycles. The highest BCUT2D eigenvalue weighted by atomic mass is 79.9. The first-order chi connectivity index (χ1) is 8.20. The van der Waals surface area contributed by atoms with Crippen LogP contribution >= 0.6 is 15.9 Å². The minimum absolute atomic E-state index is 0.145. The van der Waals surface area contributed by atoms with Gasteiger partial charge in [-0.1, -0.05) is 12.1 Å². The fourth-order valence-corrected chi connectivity index (χ4v) is 1.91. The zero-order chi connectivity index (χ0) is 12.3. The Bertz CT molecular complexity index is 536. The summed E-state index contributed by atoms with van der Waals surface area (Å²) in [7, 11) is 0. The standard InChI is InChI=1S/C12H12BrN3O/c1-2-16-8-9(7-14-16)15-12(17)10-5-3-4-6-11(10)13/h3-8H,2H2,1H3,(H,15,17). The number of carbonyl (C=O) groups is 1. The van der Waals surface area contributed by atoms with E-state index in [4.69, 9.17) is 0 Å². The molecule has 2 rings (SSSR count). The molecule has 17 heavy (non-hydrogen) atoms. The van der Waals surface area contributed by atoms with Gasteiger partial charge in [0.15, 0.2) is 0 Å². The third kappa shape index (κ3) is 2.74. The van der Waals surface area contributed by atoms with Gasteiger partial charge in [0.1, 0.15) is 0 Å². The summed E-state index contributed by atoms with van der Waals surface area (Å²) in [6.45, 7) is 2.78. The molecule has 0 aliphatic rings. The average molecular weight is 294 g/mol. The highest BCUT2D eigenvalue weighted by Crippen LogP contribution is 2.17. The molecular formula is C12H12BrN3O. The summed E-state index contributed by atoms with van der Waals surface area (Å²) >= 11 is 3.35. The normalized spacial score (nSPS) is 10.2. The van der Waals surface area contributed by atoms with Crippen molar-refractivity contribution in [2.24, 2.45) is 0 Å². The second kappa shape index (κ2) is 5.14. The summed E-state index contributed by atoms with van der Waals surface area (Å²) in [5.41, 5.74) is 1.31. The van der Waals surface area contributed by atoms with E-state index in [2.05, 4.69) is 26.3 Å². The first kappa shape index (κ1) is 11.9. The van der Waals surface area contributed by atoms with Crippen LogP contribution in [0, 0.1) is 0 Å². The zero-order valence-corrected chi connectivity index (χ0v) is 10.9. The van der Waals surface area contributed by atoms with E-state index in [0.717, 1.165) is 11.0 Å². The Morgan fingerprint density at radius 3 is 2.88 bits per heavy atom. The topological polar surface area (TPSA) is 46.9 Å². The predicted molar refractivity (Wildman–Crippen MR) is 70.0 cm³/mol. The maximum atomic E-state index is 12.0. The molecule has 0 saturated carbocycles. The Labute approximate surface area is 108 Å². The molecule has 0 spiro atoms. The number of rotatable bonds is 3. The molecule has 4 nitrogen and oxygen atoms in total. The molecule has 88 valence electrons. The molecule has 2 aromatic rings. The van der Waals surface area contributed by atoms with Crippen molar-refractivity contribution < 1.29 is 4.79 Å². The monoisotopic (exact) mass is 293 g/mol. The maximum absolute atomic E-state index is 12.0. The number of anilines is 1. The lowest BCUT2D eigenvalue weighted by molar-refractivity contribution is 0.102. The number of benzene rings is 1. The van der Waals surface area contributed by atoms with Crippen molar-refractivity contribution in [3.63, 3.8) is 0 Å². The molecular weight excluding hydrogens is 282 g/mol. The van der Waals surface area contributed by atoms with Crippen molar-refractivity contribution in [3.05, 3.63) is 46.7 Å². The number of nitrogens with one attached hydrogen (secondary N) is 1. The fraction of sp³-hybridized carbons (Fsp3) is 0.167. The number of aryl methyl sites for hydroxylation is 1. The van der Waals surface area contributed by atoms with Crippen LogP contribution in [0.15, 0.2) is 41.1 Å². The van der Waals surface area contributed by atoms with Crippen molar-refractivity contribution >= 4 is 27.5 Å². The van der Waals surface area contributed by atoms with E-state index in [1.165, 1.54) is 0 Å². The third-order valence-electron chi connectivity index (χ3n) is 2.33. The van der Waals surface area contributed by atoms with Gasteiger partial charge in [-0.05, 0) is 35.0 Å². The number of carbonyl (C=O) groups excluding carboxylic acids is 1. The van der Waals surface area contributed by atoms with E-state index < -0.39 is 0 Å². The highest BCUT2D eigenvalue weighted by Gasteiger charge is 2.10. The van der Waals surface area contributed by atoms with Crippen molar-refractivity contribution in [3.8, 4) is 0 Å². The van der Waals surface area contributed by atoms with Crippen LogP contribution in [0.5, 0.6) is 0 Å². The van der Waals surface area contributed by atoms with Crippen LogP contribution in [0.2, 0.25) is 0 Å². The number of amides is 1. The summed E-state index contributed by atoms with van der Waals surface area (Å²) in [4.78, 5) is 12.0. The lowest BCUT2D eigenvalue weighted by Gasteiger charge is -2.04. The van der Waals surface area contributed by atoms with E-state index in [-0.39, 0.29) is 5.91 Å². The van der Waals surface area contributed by atoms with Crippen LogP contribution < -0.4 is 5.32 Å². The molecule has 0 aliphatic heterocycles. The van der Waals surface area contributed by atoms with Crippen LogP contribution in [0.1, 0.15) is 17.3 Å². The first-order valence-electron chi connectivity index (χ1n) is 5.29. The van der Waals surface area contributed by atoms with Gasteiger partial charge in [0.25, 0.3) is 5.91 Å². The van der Waals surface area contributed by atoms with Gasteiger partial charge in [0.05, 0.1) is 17.4 Å². The Hall–Kier alpha value is -1.62. The van der Waals surface area contributed by atoms with Crippen molar-refractivity contribution in [1.29, 1.82) is 0 Å². The molecule has 0 bridgehead atoms. The van der Waals surface area contributed by atoms with Crippen LogP contribution in [-0.4, -0.2) is 15.7 Å². The average Bonchev–Trinajstić information content (AvgIpc) is 2.77. The third-order valence-corrected chi connectivity index (χ3v) is 3.03. The van der Waals surface area contributed by atoms with Gasteiger partial charge in [0.2, 0.25) is 0 Å². The van der Waals surface area contributed by atoms with Crippen molar-refractivity contribution in [2.75, 3.05) is 5.32 Å². The van der Waals surface area contributed by atoms with Gasteiger partial charge in [-0.15, -0.1) is 0 Å². The van der Waals surface area contributed by atoms with E-state index >= 15 is 0 Å². The fourth-order valence-electron chi connectivity index (χ4n) is 1.44. The van der Waals surface area contributed by atoms with Crippen LogP contribution in [0.25, 0.3) is 0 Å². The van der Waals surface area contributed by atoms with E-state index in [0.29, 0.717) is 11.3 Å². The van der Waals surface area contributed by atoms with E-state index in [1.54, 1.807) is 23.1 Å². The molecule has 5 heteroatoms. The van der Waals surface area contributed by atoms with Crippen LogP contribution in [0.3, 0.4) is 0 Å². The lowest BCUT2D eigenvalue weighted by Crippen LogP contribution is -2.11. The molecule has 1 aromatic heterocycles. The molecule has 0 unspecified atom stereocenters. The Morgan fingerprint density at radius 2 is 2.24 bits per heavy atom. The largest absolute Gasteiger partial charge is 0.319 e. The number of hydrogen-bond acceptors (Lipinski definition) is 2. The molecule has 0 radical (unpaired) electrons. The van der Waals surface area contributed by atoms with Gasteiger partial charge >= 0.3 is 0 Å². The number of aromatic nitrogens is 2. The summed E-state index contributed by atoms with van der Waals surface area (Å²) in [6.07, 6.45) is 3.44. The Morgan fingerprint density at radius 1 is 1.47 bits per heavy atom. The smallest absolute Gasteiger partial charge is 0.256 e. The Kier molecular flexibility index (Phi) is 3.58. The number of nitrogens with zero attached hydrogens (tertiary/aromatic N) is 2. The van der Waals surface area contributed by atoms with Gasteiger partial charge < -0.3 is 5.32 Å². The SMILES string of the molecule is CCn1cc(NC(=O)c2ccccc2Br)cn1. The van der Waals surface area contributed by atoms with Gasteiger partial charge in [-0.2, -0.15) is 5.10 Å². The molecule has 1 N–H and O–H groups in total. The zero-order valence-electron chi connectivity index (χ0n) is 9.35. The van der Waals surface area contributed by atoms with Crippen LogP contribution in [-0.2, 0) is 6.54 Å². The molecule has 0 saturated heterocycles. The first-order valence-corrected chi connectivity index (χ1v) is 6.08. The second-order valence-corrected chi connectivity index (χ2v) is 4.37. The van der Waals surface area contributed by atoms with Gasteiger partial charge in [-0.25, -0.2) is 0 Å². The van der Waals surface area contributed by atoms with Crippen LogP contribution in [0.4, 0.5) is 5.69 Å². The van der Waals surface area contributed by atoms with Crippen molar-refractivity contribution in [1.82, 2.24) is 9.78 Å². The van der Waals surface area contributed by atoms with E-state index in [1.807, 2.05) is 25.1 Å². The predicted octanol–water partition coefficient (Wildman–Crippen LogP) is 2.92. The highest BCUT2D eigenvalue weighted by molar-refractivity contribution is 9.10. The maximum Gasteiger partial charge on any atom is 0.256 e. The molecule has 1 heterocycles. The Balaban J connectivity index is 2.14. The summed E-state index contributed by atoms with van der Waals surface area (Å²) < 4.78 is 2.54. The summed E-state index contributed by atoms with van der Waals surface area (Å²) in [5.74, 6) is -0.145. The lowest BCUT2D eigenvalue weighted by atomic mass is 10.2. The summed E-state index contributed by atoms with van der Waals surface area (Å²) in [5, 5.41) is 6.90. The minimum Gasteiger partial charge on any atom is -0.319 e. The van der Waals surface area contributed by atoms with E-state index in [9.17, 15) is 4.79 Å². The molecule has 0 aliphatic carbocycles. The minimum atomic E-state index is -0.145. The quantitative estimate of drug-likeness (QED) is 0.946. The van der Waals surface area contributed by atoms with Crippen molar-refractivity contribution in [2.45, 2.75) is 13.5 Å². The summed E-state index contributed by atoms with van der Waals surface area (Å²) in [6, 6.07) is 7.30. The second-order valence-electron chi connectivity index (χ2n) is 3.52.